The van der Waals surface area contributed by atoms with Gasteiger partial charge in [0.25, 0.3) is 0 Å². The zero-order valence-corrected chi connectivity index (χ0v) is 21.2. The average Bonchev–Trinajstić information content (AvgIpc) is 2.88. The minimum Gasteiger partial charge on any atom is -0.332 e. The van der Waals surface area contributed by atoms with Crippen LogP contribution in [0.4, 0.5) is 0 Å². The van der Waals surface area contributed by atoms with E-state index < -0.39 is 0 Å². The van der Waals surface area contributed by atoms with E-state index in [1.807, 2.05) is 54.4 Å². The molecule has 3 aromatic carbocycles. The van der Waals surface area contributed by atoms with Crippen LogP contribution in [0.15, 0.2) is 97.1 Å². The Morgan fingerprint density at radius 1 is 0.676 bits per heavy atom. The first-order valence-corrected chi connectivity index (χ1v) is 11.8. The van der Waals surface area contributed by atoms with Gasteiger partial charge in [-0.2, -0.15) is 0 Å². The molecule has 4 heteroatoms. The van der Waals surface area contributed by atoms with Crippen LogP contribution < -0.4 is 0 Å². The summed E-state index contributed by atoms with van der Waals surface area (Å²) in [5.74, 6) is 0.0415. The van der Waals surface area contributed by atoms with E-state index in [-0.39, 0.29) is 29.4 Å². The molecule has 34 heavy (non-hydrogen) atoms. The van der Waals surface area contributed by atoms with Crippen molar-refractivity contribution in [2.24, 2.45) is 0 Å². The molecule has 0 saturated heterocycles. The van der Waals surface area contributed by atoms with Crippen LogP contribution in [0.5, 0.6) is 0 Å². The van der Waals surface area contributed by atoms with Gasteiger partial charge in [0.2, 0.25) is 5.91 Å². The van der Waals surface area contributed by atoms with E-state index in [2.05, 4.69) is 73.6 Å². The lowest BCUT2D eigenvalue weighted by Crippen LogP contribution is -2.54. The third-order valence-corrected chi connectivity index (χ3v) is 7.57. The third kappa shape index (κ3) is 4.96. The molecular weight excluding hydrogens is 440 g/mol. The van der Waals surface area contributed by atoms with Crippen molar-refractivity contribution in [1.29, 1.82) is 0 Å². The molecule has 0 spiro atoms. The van der Waals surface area contributed by atoms with Gasteiger partial charge in [-0.15, -0.1) is 12.4 Å². The number of hydrogen-bond acceptors (Lipinski definition) is 2. The smallest absolute Gasteiger partial charge is 0.247 e. The van der Waals surface area contributed by atoms with E-state index in [0.29, 0.717) is 0 Å². The van der Waals surface area contributed by atoms with Gasteiger partial charge < -0.3 is 4.90 Å². The molecule has 0 atom stereocenters. The van der Waals surface area contributed by atoms with E-state index >= 15 is 0 Å². The molecule has 3 aromatic rings. The van der Waals surface area contributed by atoms with Crippen molar-refractivity contribution in [1.82, 2.24) is 9.80 Å². The Balaban J connectivity index is 0.00000324. The van der Waals surface area contributed by atoms with Gasteiger partial charge in [-0.1, -0.05) is 91.0 Å². The van der Waals surface area contributed by atoms with Gasteiger partial charge >= 0.3 is 0 Å². The maximum atomic E-state index is 13.4. The third-order valence-electron chi connectivity index (χ3n) is 7.57. The number of hydrogen-bond donors (Lipinski definition) is 0. The maximum absolute atomic E-state index is 13.4. The lowest BCUT2D eigenvalue weighted by Gasteiger charge is -2.53. The number of carbonyl (C=O) groups excluding carboxylic acids is 1. The van der Waals surface area contributed by atoms with Crippen molar-refractivity contribution in [3.05, 3.63) is 114 Å². The first-order chi connectivity index (χ1) is 16.0. The normalized spacial score (nSPS) is 22.4. The summed E-state index contributed by atoms with van der Waals surface area (Å²) in [7, 11) is 6.33. The monoisotopic (exact) mass is 474 g/mol. The summed E-state index contributed by atoms with van der Waals surface area (Å²) in [5, 5.41) is 0. The molecule has 0 heterocycles. The second-order valence-electron chi connectivity index (χ2n) is 9.33. The second kappa shape index (κ2) is 11.0. The standard InChI is InChI=1S/C30H34N2O.ClH/c1-31(2)29(26-15-9-5-10-16-26)21-23-30(24-22-29,27-17-11-6-12-18-27)32(3)28(33)20-19-25-13-7-4-8-14-25;/h4-20H,21-24H2,1-3H3;1H/b20-19+;. The fraction of sp³-hybridized carbons (Fsp3) is 0.300. The summed E-state index contributed by atoms with van der Waals surface area (Å²) in [6.07, 6.45) is 7.41. The molecule has 1 amide bonds. The number of benzene rings is 3. The lowest BCUT2D eigenvalue weighted by atomic mass is 9.66. The molecular formula is C30H35ClN2O. The number of halogens is 1. The molecule has 3 nitrogen and oxygen atoms in total. The number of rotatable bonds is 6. The van der Waals surface area contributed by atoms with E-state index in [9.17, 15) is 4.79 Å². The van der Waals surface area contributed by atoms with Crippen molar-refractivity contribution in [3.63, 3.8) is 0 Å². The minimum atomic E-state index is -0.326. The number of likely N-dealkylation sites (N-methyl/N-ethyl adjacent to an activating group) is 1. The van der Waals surface area contributed by atoms with E-state index in [1.54, 1.807) is 6.08 Å². The fourth-order valence-corrected chi connectivity index (χ4v) is 5.44. The van der Waals surface area contributed by atoms with Gasteiger partial charge in [0.05, 0.1) is 5.54 Å². The van der Waals surface area contributed by atoms with Crippen LogP contribution >= 0.6 is 12.4 Å². The average molecular weight is 475 g/mol. The van der Waals surface area contributed by atoms with Gasteiger partial charge in [-0.25, -0.2) is 0 Å². The largest absolute Gasteiger partial charge is 0.332 e. The van der Waals surface area contributed by atoms with Gasteiger partial charge in [-0.05, 0) is 62.5 Å². The molecule has 178 valence electrons. The van der Waals surface area contributed by atoms with Gasteiger partial charge in [0, 0.05) is 18.7 Å². The molecule has 0 radical (unpaired) electrons. The lowest BCUT2D eigenvalue weighted by molar-refractivity contribution is -0.133. The summed E-state index contributed by atoms with van der Waals surface area (Å²) in [5.41, 5.74) is 3.26. The van der Waals surface area contributed by atoms with Crippen LogP contribution in [-0.4, -0.2) is 36.9 Å². The van der Waals surface area contributed by atoms with Crippen molar-refractivity contribution in [2.75, 3.05) is 21.1 Å². The Hall–Kier alpha value is -2.88. The maximum Gasteiger partial charge on any atom is 0.247 e. The summed E-state index contributed by atoms with van der Waals surface area (Å²) in [6.45, 7) is 0. The van der Waals surface area contributed by atoms with Gasteiger partial charge in [-0.3, -0.25) is 9.69 Å². The Kier molecular flexibility index (Phi) is 8.35. The van der Waals surface area contributed by atoms with Crippen molar-refractivity contribution in [2.45, 2.75) is 36.8 Å². The SMILES string of the molecule is CN(C)C1(c2ccccc2)CCC(c2ccccc2)(N(C)C(=O)/C=C/c2ccccc2)CC1.Cl. The number of amides is 1. The molecule has 0 bridgehead atoms. The molecule has 0 aromatic heterocycles. The molecule has 1 fully saturated rings. The fourth-order valence-electron chi connectivity index (χ4n) is 5.44. The number of nitrogens with zero attached hydrogens (tertiary/aromatic N) is 2. The Labute approximate surface area is 210 Å². The van der Waals surface area contributed by atoms with E-state index in [0.717, 1.165) is 31.2 Å². The first kappa shape index (κ1) is 25.7. The zero-order valence-electron chi connectivity index (χ0n) is 20.4. The molecule has 0 aliphatic heterocycles. The molecule has 0 N–H and O–H groups in total. The summed E-state index contributed by atoms with van der Waals surface area (Å²) in [4.78, 5) is 17.7. The van der Waals surface area contributed by atoms with Crippen molar-refractivity contribution >= 4 is 24.4 Å². The topological polar surface area (TPSA) is 23.6 Å². The molecule has 0 unspecified atom stereocenters. The Morgan fingerprint density at radius 3 is 1.56 bits per heavy atom. The highest BCUT2D eigenvalue weighted by Gasteiger charge is 2.48. The molecule has 1 aliphatic carbocycles. The van der Waals surface area contributed by atoms with Gasteiger partial charge in [0.1, 0.15) is 0 Å². The van der Waals surface area contributed by atoms with Crippen LogP contribution in [0, 0.1) is 0 Å². The number of carbonyl (C=O) groups is 1. The van der Waals surface area contributed by atoms with E-state index in [4.69, 9.17) is 0 Å². The highest BCUT2D eigenvalue weighted by molar-refractivity contribution is 5.92. The van der Waals surface area contributed by atoms with Crippen molar-refractivity contribution in [3.8, 4) is 0 Å². The van der Waals surface area contributed by atoms with Crippen molar-refractivity contribution < 1.29 is 4.79 Å². The highest BCUT2D eigenvalue weighted by atomic mass is 35.5. The predicted molar refractivity (Wildman–Crippen MR) is 144 cm³/mol. The first-order valence-electron chi connectivity index (χ1n) is 11.8. The van der Waals surface area contributed by atoms with Crippen LogP contribution in [0.3, 0.4) is 0 Å². The van der Waals surface area contributed by atoms with Crippen LogP contribution in [-0.2, 0) is 15.9 Å². The summed E-state index contributed by atoms with van der Waals surface area (Å²) in [6, 6.07) is 31.4. The quantitative estimate of drug-likeness (QED) is 0.380. The highest BCUT2D eigenvalue weighted by Crippen LogP contribution is 2.50. The Morgan fingerprint density at radius 2 is 1.09 bits per heavy atom. The Bertz CT molecular complexity index is 1070. The molecule has 1 saturated carbocycles. The van der Waals surface area contributed by atoms with Gasteiger partial charge in [0.15, 0.2) is 0 Å². The molecule has 4 rings (SSSR count). The van der Waals surface area contributed by atoms with Crippen LogP contribution in [0.25, 0.3) is 6.08 Å². The van der Waals surface area contributed by atoms with Crippen LogP contribution in [0.2, 0.25) is 0 Å². The zero-order chi connectivity index (χ0) is 23.3. The van der Waals surface area contributed by atoms with E-state index in [1.165, 1.54) is 11.1 Å². The predicted octanol–water partition coefficient (Wildman–Crippen LogP) is 6.51. The molecule has 1 aliphatic rings. The summed E-state index contributed by atoms with van der Waals surface area (Å²) >= 11 is 0. The van der Waals surface area contributed by atoms with Crippen LogP contribution in [0.1, 0.15) is 42.4 Å². The second-order valence-corrected chi connectivity index (χ2v) is 9.33. The summed E-state index contributed by atoms with van der Waals surface area (Å²) < 4.78 is 0. The minimum absolute atomic E-state index is 0.